The van der Waals surface area contributed by atoms with Gasteiger partial charge in [0.1, 0.15) is 34.2 Å². The van der Waals surface area contributed by atoms with Crippen LogP contribution in [-0.2, 0) is 14.8 Å². The minimum atomic E-state index is -3.57. The van der Waals surface area contributed by atoms with E-state index in [1.54, 1.807) is 30.3 Å². The zero-order chi connectivity index (χ0) is 26.3. The summed E-state index contributed by atoms with van der Waals surface area (Å²) < 4.78 is 55.9. The van der Waals surface area contributed by atoms with Crippen LogP contribution in [0.2, 0.25) is 0 Å². The number of esters is 1. The molecular weight excluding hydrogens is 503 g/mol. The van der Waals surface area contributed by atoms with Crippen molar-refractivity contribution in [2.45, 2.75) is 18.8 Å². The van der Waals surface area contributed by atoms with Crippen LogP contribution < -0.4 is 15.2 Å². The Balaban J connectivity index is 1.59. The first-order valence-electron chi connectivity index (χ1n) is 11.2. The molecule has 0 bridgehead atoms. The first-order valence-corrected chi connectivity index (χ1v) is 13.1. The second kappa shape index (κ2) is 9.25. The van der Waals surface area contributed by atoms with Crippen LogP contribution in [0, 0.1) is 5.82 Å². The monoisotopic (exact) mass is 524 g/mol. The van der Waals surface area contributed by atoms with E-state index in [1.807, 2.05) is 0 Å². The van der Waals surface area contributed by atoms with Gasteiger partial charge < -0.3 is 19.6 Å². The lowest BCUT2D eigenvalue weighted by molar-refractivity contribution is 0.0640. The zero-order valence-corrected chi connectivity index (χ0v) is 20.3. The molecule has 3 N–H and O–H groups in total. The Morgan fingerprint density at radius 1 is 1.03 bits per heavy atom. The zero-order valence-electron chi connectivity index (χ0n) is 19.5. The molecule has 1 heterocycles. The summed E-state index contributed by atoms with van der Waals surface area (Å²) in [6.45, 7) is 0. The summed E-state index contributed by atoms with van der Waals surface area (Å²) in [7, 11) is -3.57. The third-order valence-corrected chi connectivity index (χ3v) is 6.33. The molecule has 0 radical (unpaired) electrons. The molecule has 3 aromatic carbocycles. The molecular formula is C26H21FN2O7S. The van der Waals surface area contributed by atoms with Gasteiger partial charge in [-0.15, -0.1) is 0 Å². The molecule has 1 aliphatic rings. The Kier molecular flexibility index (Phi) is 6.08. The number of ether oxygens (including phenoxy) is 2. The first-order chi connectivity index (χ1) is 17.6. The predicted molar refractivity (Wildman–Crippen MR) is 134 cm³/mol. The van der Waals surface area contributed by atoms with Gasteiger partial charge in [0, 0.05) is 17.0 Å². The summed E-state index contributed by atoms with van der Waals surface area (Å²) in [4.78, 5) is 24.3. The second-order valence-electron chi connectivity index (χ2n) is 8.68. The molecule has 0 unspecified atom stereocenters. The van der Waals surface area contributed by atoms with Crippen molar-refractivity contribution >= 4 is 38.7 Å². The van der Waals surface area contributed by atoms with Gasteiger partial charge in [-0.3, -0.25) is 4.72 Å². The lowest BCUT2D eigenvalue weighted by Crippen LogP contribution is -2.18. The van der Waals surface area contributed by atoms with Gasteiger partial charge in [0.05, 0.1) is 11.9 Å². The summed E-state index contributed by atoms with van der Waals surface area (Å²) in [5, 5.41) is 0.355. The third-order valence-electron chi connectivity index (χ3n) is 5.74. The molecule has 1 aliphatic carbocycles. The molecule has 4 aromatic rings. The number of amides is 1. The van der Waals surface area contributed by atoms with Crippen LogP contribution in [0.15, 0.2) is 65.1 Å². The number of nitrogens with two attached hydrogens (primary N) is 1. The van der Waals surface area contributed by atoms with E-state index in [4.69, 9.17) is 14.9 Å². The maximum Gasteiger partial charge on any atom is 0.412 e. The fraction of sp³-hybridized carbons (Fsp3) is 0.154. The Morgan fingerprint density at radius 2 is 1.65 bits per heavy atom. The number of hydrogen-bond donors (Lipinski definition) is 2. The Morgan fingerprint density at radius 3 is 2.22 bits per heavy atom. The molecule has 0 spiro atoms. The second-order valence-corrected chi connectivity index (χ2v) is 10.4. The van der Waals surface area contributed by atoms with Gasteiger partial charge in [0.15, 0.2) is 0 Å². The van der Waals surface area contributed by atoms with Crippen molar-refractivity contribution in [2.75, 3.05) is 11.0 Å². The van der Waals surface area contributed by atoms with Crippen LogP contribution in [0.5, 0.6) is 11.5 Å². The van der Waals surface area contributed by atoms with E-state index in [0.717, 1.165) is 19.1 Å². The number of carbonyl (C=O) groups excluding carboxylic acids is 2. The Labute approximate surface area is 211 Å². The number of benzene rings is 3. The molecule has 37 heavy (non-hydrogen) atoms. The molecule has 1 fully saturated rings. The average molecular weight is 525 g/mol. The SMILES string of the molecule is CS(=O)(=O)Nc1cc2oc(-c3ccc(Oc4ccc(F)cc4)cc3)c(C(=O)OC(N)=O)c2cc1C1CC1. The highest BCUT2D eigenvalue weighted by Crippen LogP contribution is 2.47. The molecule has 1 amide bonds. The number of sulfonamides is 1. The lowest BCUT2D eigenvalue weighted by Gasteiger charge is -2.10. The molecule has 5 rings (SSSR count). The fourth-order valence-electron chi connectivity index (χ4n) is 4.04. The van der Waals surface area contributed by atoms with Crippen molar-refractivity contribution < 1.29 is 36.3 Å². The fourth-order valence-corrected chi connectivity index (χ4v) is 4.62. The van der Waals surface area contributed by atoms with Crippen molar-refractivity contribution in [2.24, 2.45) is 5.73 Å². The van der Waals surface area contributed by atoms with Crippen molar-refractivity contribution in [3.05, 3.63) is 77.6 Å². The van der Waals surface area contributed by atoms with Gasteiger partial charge in [-0.05, 0) is 78.9 Å². The van der Waals surface area contributed by atoms with Gasteiger partial charge in [0.25, 0.3) is 0 Å². The van der Waals surface area contributed by atoms with Gasteiger partial charge in [-0.25, -0.2) is 22.4 Å². The third kappa shape index (κ3) is 5.41. The van der Waals surface area contributed by atoms with Crippen LogP contribution in [0.3, 0.4) is 0 Å². The highest BCUT2D eigenvalue weighted by molar-refractivity contribution is 7.92. The normalized spacial score (nSPS) is 13.4. The highest BCUT2D eigenvalue weighted by Gasteiger charge is 2.31. The number of halogens is 1. The number of nitrogens with one attached hydrogen (secondary N) is 1. The smallest absolute Gasteiger partial charge is 0.412 e. The standard InChI is InChI=1S/C26H21FN2O7S/c1-37(32,33)29-21-13-22-20(12-19(21)14-2-3-14)23(25(30)36-26(28)31)24(35-22)15-4-8-17(9-5-15)34-18-10-6-16(27)7-11-18/h4-14,29H,2-3H2,1H3,(H2,28,31). The van der Waals surface area contributed by atoms with E-state index in [2.05, 4.69) is 9.46 Å². The number of anilines is 1. The van der Waals surface area contributed by atoms with Gasteiger partial charge in [-0.1, -0.05) is 0 Å². The van der Waals surface area contributed by atoms with E-state index in [0.29, 0.717) is 33.7 Å². The Hall–Kier alpha value is -4.38. The number of hydrogen-bond acceptors (Lipinski definition) is 7. The van der Waals surface area contributed by atoms with Crippen LogP contribution >= 0.6 is 0 Å². The van der Waals surface area contributed by atoms with Crippen LogP contribution in [-0.4, -0.2) is 26.7 Å². The largest absolute Gasteiger partial charge is 0.457 e. The summed E-state index contributed by atoms with van der Waals surface area (Å²) in [5.74, 6) is -0.283. The number of primary amides is 1. The molecule has 11 heteroatoms. The summed E-state index contributed by atoms with van der Waals surface area (Å²) in [5.41, 5.74) is 6.81. The number of fused-ring (bicyclic) bond motifs is 1. The van der Waals surface area contributed by atoms with Crippen LogP contribution in [0.1, 0.15) is 34.7 Å². The highest BCUT2D eigenvalue weighted by atomic mass is 32.2. The molecule has 190 valence electrons. The molecule has 0 atom stereocenters. The van der Waals surface area contributed by atoms with Gasteiger partial charge in [0.2, 0.25) is 10.0 Å². The molecule has 0 saturated heterocycles. The van der Waals surface area contributed by atoms with E-state index in [9.17, 15) is 22.4 Å². The maximum absolute atomic E-state index is 13.1. The summed E-state index contributed by atoms with van der Waals surface area (Å²) >= 11 is 0. The van der Waals surface area contributed by atoms with Crippen LogP contribution in [0.25, 0.3) is 22.3 Å². The van der Waals surface area contributed by atoms with E-state index >= 15 is 0 Å². The average Bonchev–Trinajstić information content (AvgIpc) is 3.59. The number of rotatable bonds is 7. The predicted octanol–water partition coefficient (Wildman–Crippen LogP) is 5.52. The summed E-state index contributed by atoms with van der Waals surface area (Å²) in [6, 6.07) is 15.2. The van der Waals surface area contributed by atoms with E-state index in [1.165, 1.54) is 30.3 Å². The first kappa shape index (κ1) is 24.3. The van der Waals surface area contributed by atoms with Gasteiger partial charge >= 0.3 is 12.1 Å². The Bertz CT molecular complexity index is 1620. The van der Waals surface area contributed by atoms with Crippen molar-refractivity contribution in [3.8, 4) is 22.8 Å². The van der Waals surface area contributed by atoms with Crippen molar-refractivity contribution in [3.63, 3.8) is 0 Å². The molecule has 1 saturated carbocycles. The summed E-state index contributed by atoms with van der Waals surface area (Å²) in [6.07, 6.45) is 1.51. The maximum atomic E-state index is 13.1. The number of furan rings is 1. The minimum Gasteiger partial charge on any atom is -0.457 e. The van der Waals surface area contributed by atoms with Crippen molar-refractivity contribution in [1.82, 2.24) is 0 Å². The van der Waals surface area contributed by atoms with Crippen LogP contribution in [0.4, 0.5) is 14.9 Å². The van der Waals surface area contributed by atoms with E-state index in [-0.39, 0.29) is 28.6 Å². The minimum absolute atomic E-state index is 0.0196. The molecule has 0 aliphatic heterocycles. The molecule has 1 aromatic heterocycles. The quantitative estimate of drug-likeness (QED) is 0.240. The van der Waals surface area contributed by atoms with Gasteiger partial charge in [-0.2, -0.15) is 0 Å². The lowest BCUT2D eigenvalue weighted by atomic mass is 10.0. The molecule has 9 nitrogen and oxygen atoms in total. The van der Waals surface area contributed by atoms with E-state index < -0.39 is 22.1 Å². The van der Waals surface area contributed by atoms with Crippen molar-refractivity contribution in [1.29, 1.82) is 0 Å². The topological polar surface area (TPSA) is 138 Å². The number of carbonyl (C=O) groups is 2.